The molecule has 0 aromatic heterocycles. The van der Waals surface area contributed by atoms with Crippen LogP contribution in [0.25, 0.3) is 0 Å². The van der Waals surface area contributed by atoms with Gasteiger partial charge in [0.1, 0.15) is 5.75 Å². The zero-order chi connectivity index (χ0) is 22.8. The Morgan fingerprint density at radius 1 is 0.906 bits per heavy atom. The molecular formula is C30H42O2. The smallest absolute Gasteiger partial charge is 0.343 e. The van der Waals surface area contributed by atoms with Crippen molar-refractivity contribution in [2.45, 2.75) is 97.3 Å². The Bertz CT molecular complexity index is 823. The van der Waals surface area contributed by atoms with Crippen LogP contribution in [-0.4, -0.2) is 5.97 Å². The van der Waals surface area contributed by atoms with Crippen molar-refractivity contribution in [2.24, 2.45) is 11.8 Å². The van der Waals surface area contributed by atoms with E-state index in [0.717, 1.165) is 17.9 Å². The van der Waals surface area contributed by atoms with Crippen LogP contribution in [-0.2, 0) is 6.42 Å². The highest BCUT2D eigenvalue weighted by Gasteiger charge is 2.31. The Balaban J connectivity index is 1.63. The third kappa shape index (κ3) is 6.95. The fraction of sp³-hybridized carbons (Fsp3) is 0.567. The van der Waals surface area contributed by atoms with Gasteiger partial charge in [-0.25, -0.2) is 4.79 Å². The second-order valence-electron chi connectivity index (χ2n) is 9.84. The van der Waals surface area contributed by atoms with Gasteiger partial charge in [0, 0.05) is 0 Å². The van der Waals surface area contributed by atoms with Crippen LogP contribution in [0.1, 0.15) is 112 Å². The summed E-state index contributed by atoms with van der Waals surface area (Å²) < 4.78 is 5.80. The molecule has 32 heavy (non-hydrogen) atoms. The van der Waals surface area contributed by atoms with Gasteiger partial charge in [0.2, 0.25) is 0 Å². The van der Waals surface area contributed by atoms with Gasteiger partial charge in [-0.3, -0.25) is 0 Å². The number of carbonyl (C=O) groups is 1. The topological polar surface area (TPSA) is 26.3 Å². The molecule has 2 heteroatoms. The maximum Gasteiger partial charge on any atom is 0.343 e. The molecule has 0 amide bonds. The van der Waals surface area contributed by atoms with E-state index in [1.165, 1.54) is 75.3 Å². The van der Waals surface area contributed by atoms with Crippen LogP contribution in [0.5, 0.6) is 5.75 Å². The van der Waals surface area contributed by atoms with Crippen molar-refractivity contribution in [3.05, 3.63) is 65.2 Å². The molecule has 1 fully saturated rings. The normalized spacial score (nSPS) is 20.8. The molecule has 3 atom stereocenters. The van der Waals surface area contributed by atoms with Gasteiger partial charge in [0.05, 0.1) is 5.56 Å². The van der Waals surface area contributed by atoms with Crippen molar-refractivity contribution in [1.29, 1.82) is 0 Å². The standard InChI is InChI=1S/C30H42O2/c1-4-6-8-12-24-16-19-26(20-17-24)32-30(31)29-15-11-10-14-28(29)27-21-18-25(22-23(27)3)13-9-7-5-2/h10-11,14-17,19-20,23,25,27H,4-9,12-13,18,21-22H2,1-3H3. The van der Waals surface area contributed by atoms with Crippen molar-refractivity contribution in [3.8, 4) is 5.75 Å². The Morgan fingerprint density at radius 3 is 2.34 bits per heavy atom. The van der Waals surface area contributed by atoms with Gasteiger partial charge in [-0.1, -0.05) is 89.6 Å². The SMILES string of the molecule is CCCCCc1ccc(OC(=O)c2ccccc2C2CCC(CCCCC)CC2C)cc1. The van der Waals surface area contributed by atoms with Crippen LogP contribution in [0.4, 0.5) is 0 Å². The summed E-state index contributed by atoms with van der Waals surface area (Å²) in [7, 11) is 0. The van der Waals surface area contributed by atoms with E-state index in [2.05, 4.69) is 45.0 Å². The second-order valence-corrected chi connectivity index (χ2v) is 9.84. The van der Waals surface area contributed by atoms with E-state index in [1.54, 1.807) is 0 Å². The average Bonchev–Trinajstić information content (AvgIpc) is 2.81. The zero-order valence-electron chi connectivity index (χ0n) is 20.4. The van der Waals surface area contributed by atoms with E-state index in [9.17, 15) is 4.79 Å². The highest BCUT2D eigenvalue weighted by Crippen LogP contribution is 2.43. The molecule has 0 heterocycles. The van der Waals surface area contributed by atoms with E-state index in [-0.39, 0.29) is 5.97 Å². The molecule has 2 aromatic carbocycles. The first-order chi connectivity index (χ1) is 15.6. The fourth-order valence-electron chi connectivity index (χ4n) is 5.39. The van der Waals surface area contributed by atoms with Crippen LogP contribution < -0.4 is 4.74 Å². The van der Waals surface area contributed by atoms with Crippen LogP contribution in [0.3, 0.4) is 0 Å². The predicted octanol–water partition coefficient (Wildman–Crippen LogP) is 8.74. The average molecular weight is 435 g/mol. The van der Waals surface area contributed by atoms with E-state index < -0.39 is 0 Å². The minimum absolute atomic E-state index is 0.225. The number of aryl methyl sites for hydroxylation is 1. The lowest BCUT2D eigenvalue weighted by Gasteiger charge is -2.35. The van der Waals surface area contributed by atoms with Crippen LogP contribution in [0.2, 0.25) is 0 Å². The molecular weight excluding hydrogens is 392 g/mol. The molecule has 0 bridgehead atoms. The molecule has 0 spiro atoms. The van der Waals surface area contributed by atoms with Crippen LogP contribution >= 0.6 is 0 Å². The van der Waals surface area contributed by atoms with Crippen molar-refractivity contribution in [1.82, 2.24) is 0 Å². The molecule has 1 aliphatic rings. The molecule has 2 nitrogen and oxygen atoms in total. The summed E-state index contributed by atoms with van der Waals surface area (Å²) in [4.78, 5) is 13.1. The number of hydrogen-bond acceptors (Lipinski definition) is 2. The van der Waals surface area contributed by atoms with Gasteiger partial charge < -0.3 is 4.74 Å². The van der Waals surface area contributed by atoms with E-state index in [0.29, 0.717) is 17.6 Å². The van der Waals surface area contributed by atoms with Gasteiger partial charge in [0.25, 0.3) is 0 Å². The minimum atomic E-state index is -0.225. The summed E-state index contributed by atoms with van der Waals surface area (Å²) in [5, 5.41) is 0. The van der Waals surface area contributed by atoms with E-state index >= 15 is 0 Å². The van der Waals surface area contributed by atoms with Gasteiger partial charge in [-0.15, -0.1) is 0 Å². The van der Waals surface area contributed by atoms with Gasteiger partial charge in [0.15, 0.2) is 0 Å². The summed E-state index contributed by atoms with van der Waals surface area (Å²) >= 11 is 0. The van der Waals surface area contributed by atoms with Crippen LogP contribution in [0.15, 0.2) is 48.5 Å². The van der Waals surface area contributed by atoms with E-state index in [1.807, 2.05) is 24.3 Å². The van der Waals surface area contributed by atoms with E-state index in [4.69, 9.17) is 4.74 Å². The lowest BCUT2D eigenvalue weighted by Crippen LogP contribution is -2.24. The Kier molecular flexibility index (Phi) is 9.84. The molecule has 0 aliphatic heterocycles. The third-order valence-electron chi connectivity index (χ3n) is 7.28. The number of ether oxygens (including phenoxy) is 1. The Labute approximate surface area is 195 Å². The maximum absolute atomic E-state index is 13.1. The molecule has 0 saturated heterocycles. The molecule has 0 radical (unpaired) electrons. The Hall–Kier alpha value is -2.09. The minimum Gasteiger partial charge on any atom is -0.423 e. The number of esters is 1. The second kappa shape index (κ2) is 12.8. The first-order valence-corrected chi connectivity index (χ1v) is 13.0. The molecule has 174 valence electrons. The first kappa shape index (κ1) is 24.6. The molecule has 1 saturated carbocycles. The van der Waals surface area contributed by atoms with Crippen molar-refractivity contribution < 1.29 is 9.53 Å². The van der Waals surface area contributed by atoms with Gasteiger partial charge in [-0.2, -0.15) is 0 Å². The number of benzene rings is 2. The molecule has 0 N–H and O–H groups in total. The first-order valence-electron chi connectivity index (χ1n) is 13.0. The Morgan fingerprint density at radius 2 is 1.62 bits per heavy atom. The third-order valence-corrected chi connectivity index (χ3v) is 7.28. The van der Waals surface area contributed by atoms with Crippen molar-refractivity contribution in [3.63, 3.8) is 0 Å². The molecule has 2 aromatic rings. The summed E-state index contributed by atoms with van der Waals surface area (Å²) in [6, 6.07) is 16.2. The van der Waals surface area contributed by atoms with Crippen LogP contribution in [0, 0.1) is 11.8 Å². The maximum atomic E-state index is 13.1. The largest absolute Gasteiger partial charge is 0.423 e. The predicted molar refractivity (Wildman–Crippen MR) is 134 cm³/mol. The summed E-state index contributed by atoms with van der Waals surface area (Å²) in [5.41, 5.74) is 3.22. The van der Waals surface area contributed by atoms with Gasteiger partial charge in [-0.05, 0) is 79.2 Å². The highest BCUT2D eigenvalue weighted by atomic mass is 16.5. The number of unbranched alkanes of at least 4 members (excludes halogenated alkanes) is 4. The molecule has 1 aliphatic carbocycles. The van der Waals surface area contributed by atoms with Crippen molar-refractivity contribution >= 4 is 5.97 Å². The monoisotopic (exact) mass is 434 g/mol. The molecule has 3 unspecified atom stereocenters. The van der Waals surface area contributed by atoms with Gasteiger partial charge >= 0.3 is 5.97 Å². The number of rotatable bonds is 11. The lowest BCUT2D eigenvalue weighted by molar-refractivity contribution is 0.0731. The van der Waals surface area contributed by atoms with Crippen molar-refractivity contribution in [2.75, 3.05) is 0 Å². The summed E-state index contributed by atoms with van der Waals surface area (Å²) in [6.07, 6.45) is 13.9. The lowest BCUT2D eigenvalue weighted by atomic mass is 9.70. The highest BCUT2D eigenvalue weighted by molar-refractivity contribution is 5.92. The summed E-state index contributed by atoms with van der Waals surface area (Å²) in [5.74, 6) is 2.31. The summed E-state index contributed by atoms with van der Waals surface area (Å²) in [6.45, 7) is 6.87. The quantitative estimate of drug-likeness (QED) is 0.201. The fourth-order valence-corrected chi connectivity index (χ4v) is 5.39. The number of carbonyl (C=O) groups excluding carboxylic acids is 1. The molecule has 3 rings (SSSR count). The number of hydrogen-bond donors (Lipinski definition) is 0. The zero-order valence-corrected chi connectivity index (χ0v) is 20.4.